The zero-order valence-corrected chi connectivity index (χ0v) is 29.3. The summed E-state index contributed by atoms with van der Waals surface area (Å²) < 4.78 is 0. The maximum Gasteiger partial charge on any atom is 0.249 e. The van der Waals surface area contributed by atoms with Crippen molar-refractivity contribution in [3.63, 3.8) is 0 Å². The van der Waals surface area contributed by atoms with Crippen LogP contribution in [0.4, 0.5) is 0 Å². The summed E-state index contributed by atoms with van der Waals surface area (Å²) >= 11 is 0. The molecule has 5 nitrogen and oxygen atoms in total. The molecule has 1 amide bonds. The number of rotatable bonds is 34. The normalized spacial score (nSPS) is 14.0. The number of allylic oxidation sites excluding steroid dienone is 3. The molecule has 0 saturated carbocycles. The van der Waals surface area contributed by atoms with Crippen LogP contribution in [0.25, 0.3) is 0 Å². The summed E-state index contributed by atoms with van der Waals surface area (Å²) in [6.07, 6.45) is 40.7. The van der Waals surface area contributed by atoms with E-state index in [4.69, 9.17) is 0 Å². The van der Waals surface area contributed by atoms with E-state index in [1.54, 1.807) is 6.08 Å². The van der Waals surface area contributed by atoms with Crippen LogP contribution in [0.3, 0.4) is 0 Å². The first kappa shape index (κ1) is 42.8. The van der Waals surface area contributed by atoms with Crippen LogP contribution < -0.4 is 5.32 Å². The largest absolute Gasteiger partial charge is 0.394 e. The number of carbonyl (C=O) groups is 1. The maximum atomic E-state index is 12.3. The van der Waals surface area contributed by atoms with Crippen LogP contribution >= 0.6 is 0 Å². The van der Waals surface area contributed by atoms with Crippen molar-refractivity contribution in [2.24, 2.45) is 0 Å². The molecule has 4 N–H and O–H groups in total. The lowest BCUT2D eigenvalue weighted by molar-refractivity contribution is -0.131. The van der Waals surface area contributed by atoms with Crippen molar-refractivity contribution in [3.8, 4) is 0 Å². The topological polar surface area (TPSA) is 89.8 Å². The van der Waals surface area contributed by atoms with E-state index >= 15 is 0 Å². The Bertz CT molecular complexity index is 650. The summed E-state index contributed by atoms with van der Waals surface area (Å²) in [7, 11) is 0. The minimum absolute atomic E-state index is 0.374. The zero-order valence-electron chi connectivity index (χ0n) is 29.3. The lowest BCUT2D eigenvalue weighted by Crippen LogP contribution is -2.48. The molecule has 0 saturated heterocycles. The minimum atomic E-state index is -1.10. The molecule has 0 aliphatic carbocycles. The Balaban J connectivity index is 3.72. The predicted octanol–water partition coefficient (Wildman–Crippen LogP) is 10.3. The molecule has 0 rings (SSSR count). The van der Waals surface area contributed by atoms with E-state index in [2.05, 4.69) is 31.3 Å². The molecule has 3 atom stereocenters. The fourth-order valence-corrected chi connectivity index (χ4v) is 5.73. The first-order chi connectivity index (χ1) is 21.6. The van der Waals surface area contributed by atoms with Crippen LogP contribution in [0.1, 0.15) is 194 Å². The smallest absolute Gasteiger partial charge is 0.249 e. The van der Waals surface area contributed by atoms with Gasteiger partial charge in [-0.1, -0.05) is 186 Å². The molecule has 3 unspecified atom stereocenters. The number of unbranched alkanes of at least 4 members (excludes halogenated alkanes) is 24. The number of amides is 1. The summed E-state index contributed by atoms with van der Waals surface area (Å²) in [6, 6.07) is -0.808. The van der Waals surface area contributed by atoms with Gasteiger partial charge in [-0.25, -0.2) is 0 Å². The number of hydrogen-bond donors (Lipinski definition) is 4. The average Bonchev–Trinajstić information content (AvgIpc) is 3.03. The van der Waals surface area contributed by atoms with Gasteiger partial charge in [0.25, 0.3) is 0 Å². The molecule has 0 bridgehead atoms. The standard InChI is InChI=1S/C39H75NO4/c1-3-5-7-9-11-13-14-15-16-17-18-19-20-21-22-23-24-26-27-29-31-33-37(42)36(35-41)40-39(44)38(43)34-32-30-28-25-12-10-8-6-4-2/h24,26,31,33,36-38,41-43H,3-23,25,27-30,32,34-35H2,1-2H3,(H,40,44)/b26-24+,33-31+. The number of aliphatic hydroxyl groups excluding tert-OH is 3. The molecule has 0 aromatic heterocycles. The van der Waals surface area contributed by atoms with Crippen molar-refractivity contribution in [3.05, 3.63) is 24.3 Å². The van der Waals surface area contributed by atoms with Crippen molar-refractivity contribution in [2.75, 3.05) is 6.61 Å². The van der Waals surface area contributed by atoms with E-state index < -0.39 is 24.2 Å². The van der Waals surface area contributed by atoms with Gasteiger partial charge in [-0.05, 0) is 32.1 Å². The average molecular weight is 622 g/mol. The first-order valence-corrected chi connectivity index (χ1v) is 19.2. The van der Waals surface area contributed by atoms with E-state index in [0.717, 1.165) is 38.5 Å². The monoisotopic (exact) mass is 622 g/mol. The Morgan fingerprint density at radius 3 is 1.39 bits per heavy atom. The second-order valence-corrected chi connectivity index (χ2v) is 13.1. The molecule has 44 heavy (non-hydrogen) atoms. The molecule has 0 heterocycles. The van der Waals surface area contributed by atoms with Crippen LogP contribution in [-0.4, -0.2) is 46.1 Å². The van der Waals surface area contributed by atoms with Gasteiger partial charge in [-0.3, -0.25) is 4.79 Å². The van der Waals surface area contributed by atoms with Crippen molar-refractivity contribution >= 4 is 5.91 Å². The highest BCUT2D eigenvalue weighted by Gasteiger charge is 2.22. The van der Waals surface area contributed by atoms with Crippen LogP contribution in [0.2, 0.25) is 0 Å². The van der Waals surface area contributed by atoms with Gasteiger partial charge in [0.15, 0.2) is 0 Å². The maximum absolute atomic E-state index is 12.3. The fraction of sp³-hybridized carbons (Fsp3) is 0.872. The summed E-state index contributed by atoms with van der Waals surface area (Å²) in [5.74, 6) is -0.516. The van der Waals surface area contributed by atoms with Gasteiger partial charge in [-0.2, -0.15) is 0 Å². The third-order valence-corrected chi connectivity index (χ3v) is 8.79. The second-order valence-electron chi connectivity index (χ2n) is 13.1. The molecule has 5 heteroatoms. The summed E-state index contributed by atoms with van der Waals surface area (Å²) in [5, 5.41) is 32.8. The van der Waals surface area contributed by atoms with E-state index in [0.29, 0.717) is 6.42 Å². The molecule has 0 radical (unpaired) electrons. The van der Waals surface area contributed by atoms with Crippen LogP contribution in [0, 0.1) is 0 Å². The van der Waals surface area contributed by atoms with Crippen LogP contribution in [0.5, 0.6) is 0 Å². The van der Waals surface area contributed by atoms with Crippen molar-refractivity contribution in [2.45, 2.75) is 212 Å². The molecule has 0 fully saturated rings. The van der Waals surface area contributed by atoms with Gasteiger partial charge < -0.3 is 20.6 Å². The summed E-state index contributed by atoms with van der Waals surface area (Å²) in [4.78, 5) is 12.3. The Hall–Kier alpha value is -1.17. The Kier molecular flexibility index (Phi) is 33.8. The van der Waals surface area contributed by atoms with Crippen molar-refractivity contribution in [1.29, 1.82) is 0 Å². The van der Waals surface area contributed by atoms with Gasteiger partial charge >= 0.3 is 0 Å². The van der Waals surface area contributed by atoms with Crippen molar-refractivity contribution < 1.29 is 20.1 Å². The van der Waals surface area contributed by atoms with Gasteiger partial charge in [-0.15, -0.1) is 0 Å². The van der Waals surface area contributed by atoms with Gasteiger partial charge in [0.1, 0.15) is 6.10 Å². The summed E-state index contributed by atoms with van der Waals surface area (Å²) in [5.41, 5.74) is 0. The quantitative estimate of drug-likeness (QED) is 0.0425. The highest BCUT2D eigenvalue weighted by atomic mass is 16.3. The second kappa shape index (κ2) is 34.7. The number of hydrogen-bond acceptors (Lipinski definition) is 4. The lowest BCUT2D eigenvalue weighted by Gasteiger charge is -2.21. The molecule has 260 valence electrons. The van der Waals surface area contributed by atoms with Gasteiger partial charge in [0.05, 0.1) is 18.8 Å². The minimum Gasteiger partial charge on any atom is -0.394 e. The van der Waals surface area contributed by atoms with Gasteiger partial charge in [0.2, 0.25) is 5.91 Å². The van der Waals surface area contributed by atoms with Crippen molar-refractivity contribution in [1.82, 2.24) is 5.32 Å². The number of carbonyl (C=O) groups excluding carboxylic acids is 1. The lowest BCUT2D eigenvalue weighted by atomic mass is 10.0. The van der Waals surface area contributed by atoms with E-state index in [1.165, 1.54) is 135 Å². The highest BCUT2D eigenvalue weighted by Crippen LogP contribution is 2.14. The Morgan fingerprint density at radius 2 is 0.932 bits per heavy atom. The molecule has 0 aliphatic rings. The fourth-order valence-electron chi connectivity index (χ4n) is 5.73. The first-order valence-electron chi connectivity index (χ1n) is 19.2. The van der Waals surface area contributed by atoms with Crippen LogP contribution in [0.15, 0.2) is 24.3 Å². The van der Waals surface area contributed by atoms with E-state index in [9.17, 15) is 20.1 Å². The third-order valence-electron chi connectivity index (χ3n) is 8.79. The summed E-state index contributed by atoms with van der Waals surface area (Å²) in [6.45, 7) is 4.13. The Morgan fingerprint density at radius 1 is 0.545 bits per heavy atom. The highest BCUT2D eigenvalue weighted by molar-refractivity contribution is 5.80. The zero-order chi connectivity index (χ0) is 32.4. The Labute approximate surface area is 273 Å². The number of nitrogens with one attached hydrogen (secondary N) is 1. The SMILES string of the molecule is CCCCCCCCCCCCCCCCC/C=C/CC/C=C/C(O)C(CO)NC(=O)C(O)CCCCCCCCCCC. The molecule has 0 aromatic rings. The number of aliphatic hydroxyl groups is 3. The molecule has 0 aromatic carbocycles. The third kappa shape index (κ3) is 29.5. The molecular weight excluding hydrogens is 546 g/mol. The molecule has 0 aliphatic heterocycles. The molecule has 0 spiro atoms. The molecular formula is C39H75NO4. The van der Waals surface area contributed by atoms with Gasteiger partial charge in [0, 0.05) is 0 Å². The van der Waals surface area contributed by atoms with E-state index in [1.807, 2.05) is 6.08 Å². The van der Waals surface area contributed by atoms with Crippen LogP contribution in [-0.2, 0) is 4.79 Å². The predicted molar refractivity (Wildman–Crippen MR) is 190 cm³/mol. The van der Waals surface area contributed by atoms with E-state index in [-0.39, 0.29) is 6.61 Å².